The third-order valence-corrected chi connectivity index (χ3v) is 5.64. The minimum absolute atomic E-state index is 0.787. The Morgan fingerprint density at radius 1 is 1.17 bits per heavy atom. The van der Waals surface area contributed by atoms with Crippen LogP contribution in [0.15, 0.2) is 18.3 Å². The van der Waals surface area contributed by atoms with Crippen LogP contribution < -0.4 is 5.32 Å². The fourth-order valence-electron chi connectivity index (χ4n) is 1.65. The number of hydrogen-bond donors (Lipinski definition) is 1. The number of aryl methyl sites for hydroxylation is 1. The smallest absolute Gasteiger partial charge is 0.377 e. The molecule has 0 aliphatic heterocycles. The lowest BCUT2D eigenvalue weighted by Crippen LogP contribution is -2.42. The van der Waals surface area contributed by atoms with Gasteiger partial charge in [0.05, 0.1) is 0 Å². The molecule has 0 saturated carbocycles. The van der Waals surface area contributed by atoms with Crippen molar-refractivity contribution in [2.45, 2.75) is 19.4 Å². The van der Waals surface area contributed by atoms with Gasteiger partial charge in [0.2, 0.25) is 0 Å². The van der Waals surface area contributed by atoms with Crippen LogP contribution in [0, 0.1) is 6.92 Å². The van der Waals surface area contributed by atoms with E-state index in [0.717, 1.165) is 30.4 Å². The maximum absolute atomic E-state index is 5.36. The molecule has 1 N–H and O–H groups in total. The number of nitrogens with zero attached hydrogens (tertiary/aromatic N) is 1. The molecule has 0 aliphatic rings. The Kier molecular flexibility index (Phi) is 6.27. The highest BCUT2D eigenvalue weighted by atomic mass is 28.4. The molecule has 0 radical (unpaired) electrons. The largest absolute Gasteiger partial charge is 0.500 e. The maximum Gasteiger partial charge on any atom is 0.500 e. The summed E-state index contributed by atoms with van der Waals surface area (Å²) in [5.41, 5.74) is 1.16. The zero-order chi connectivity index (χ0) is 13.4. The monoisotopic (exact) mass is 270 g/mol. The van der Waals surface area contributed by atoms with Crippen LogP contribution in [0.2, 0.25) is 6.04 Å². The molecule has 0 bridgehead atoms. The van der Waals surface area contributed by atoms with Gasteiger partial charge in [-0.25, -0.2) is 4.98 Å². The molecule has 1 aromatic rings. The zero-order valence-electron chi connectivity index (χ0n) is 11.5. The number of aromatic nitrogens is 1. The lowest BCUT2D eigenvalue weighted by molar-refractivity contribution is 0.123. The summed E-state index contributed by atoms with van der Waals surface area (Å²) in [4.78, 5) is 4.28. The quantitative estimate of drug-likeness (QED) is 0.579. The van der Waals surface area contributed by atoms with Gasteiger partial charge in [-0.2, -0.15) is 0 Å². The maximum atomic E-state index is 5.36. The second kappa shape index (κ2) is 7.47. The van der Waals surface area contributed by atoms with Crippen molar-refractivity contribution < 1.29 is 13.3 Å². The minimum atomic E-state index is -2.42. The first-order valence-electron chi connectivity index (χ1n) is 5.98. The Morgan fingerprint density at radius 2 is 1.83 bits per heavy atom. The van der Waals surface area contributed by atoms with Crippen molar-refractivity contribution >= 4 is 14.6 Å². The molecule has 1 heterocycles. The third kappa shape index (κ3) is 4.38. The van der Waals surface area contributed by atoms with E-state index < -0.39 is 8.80 Å². The predicted molar refractivity (Wildman–Crippen MR) is 73.7 cm³/mol. The molecule has 0 aliphatic carbocycles. The van der Waals surface area contributed by atoms with Crippen molar-refractivity contribution in [3.05, 3.63) is 23.9 Å². The second-order valence-corrected chi connectivity index (χ2v) is 7.14. The van der Waals surface area contributed by atoms with E-state index in [4.69, 9.17) is 13.3 Å². The first kappa shape index (κ1) is 15.1. The van der Waals surface area contributed by atoms with Crippen molar-refractivity contribution in [3.63, 3.8) is 0 Å². The summed E-state index contributed by atoms with van der Waals surface area (Å²) in [5, 5.41) is 3.26. The van der Waals surface area contributed by atoms with Crippen LogP contribution in [0.3, 0.4) is 0 Å². The summed E-state index contributed by atoms with van der Waals surface area (Å²) in [6, 6.07) is 4.80. The van der Waals surface area contributed by atoms with Gasteiger partial charge in [-0.05, 0) is 25.0 Å². The predicted octanol–water partition coefficient (Wildman–Crippen LogP) is 2.07. The molecule has 102 valence electrons. The average molecular weight is 270 g/mol. The summed E-state index contributed by atoms with van der Waals surface area (Å²) < 4.78 is 16.1. The van der Waals surface area contributed by atoms with E-state index in [9.17, 15) is 0 Å². The minimum Gasteiger partial charge on any atom is -0.377 e. The van der Waals surface area contributed by atoms with Gasteiger partial charge in [-0.1, -0.05) is 6.07 Å². The molecule has 0 aromatic carbocycles. The molecule has 0 unspecified atom stereocenters. The van der Waals surface area contributed by atoms with E-state index in [-0.39, 0.29) is 0 Å². The number of rotatable bonds is 8. The Labute approximate surface area is 110 Å². The van der Waals surface area contributed by atoms with Gasteiger partial charge in [-0.15, -0.1) is 0 Å². The summed E-state index contributed by atoms with van der Waals surface area (Å²) >= 11 is 0. The molecular weight excluding hydrogens is 248 g/mol. The zero-order valence-corrected chi connectivity index (χ0v) is 12.5. The van der Waals surface area contributed by atoms with E-state index in [1.165, 1.54) is 0 Å². The molecule has 0 spiro atoms. The average Bonchev–Trinajstić information content (AvgIpc) is 2.42. The topological polar surface area (TPSA) is 52.6 Å². The van der Waals surface area contributed by atoms with Crippen LogP contribution >= 0.6 is 0 Å². The number of hydrogen-bond acceptors (Lipinski definition) is 5. The van der Waals surface area contributed by atoms with E-state index in [1.807, 2.05) is 25.3 Å². The molecule has 6 heteroatoms. The molecule has 0 saturated heterocycles. The molecule has 0 fully saturated rings. The highest BCUT2D eigenvalue weighted by Gasteiger charge is 2.36. The molecule has 1 rings (SSSR count). The Bertz CT molecular complexity index is 333. The molecule has 5 nitrogen and oxygen atoms in total. The van der Waals surface area contributed by atoms with Crippen LogP contribution in [-0.4, -0.2) is 41.7 Å². The third-order valence-electron chi connectivity index (χ3n) is 2.81. The fourth-order valence-corrected chi connectivity index (χ4v) is 3.37. The normalized spacial score (nSPS) is 11.6. The van der Waals surface area contributed by atoms with Crippen LogP contribution in [0.5, 0.6) is 0 Å². The first-order chi connectivity index (χ1) is 8.65. The van der Waals surface area contributed by atoms with Crippen molar-refractivity contribution in [1.82, 2.24) is 4.98 Å². The van der Waals surface area contributed by atoms with Crippen molar-refractivity contribution in [3.8, 4) is 0 Å². The first-order valence-corrected chi connectivity index (χ1v) is 7.91. The Balaban J connectivity index is 2.31. The fraction of sp³-hybridized carbons (Fsp3) is 0.583. The SMILES string of the molecule is CO[Si](CCCNc1ccc(C)cn1)(OC)OC. The number of pyridine rings is 1. The molecular formula is C12H22N2O3Si. The highest BCUT2D eigenvalue weighted by Crippen LogP contribution is 2.15. The van der Waals surface area contributed by atoms with E-state index in [2.05, 4.69) is 10.3 Å². The Hall–Kier alpha value is -0.953. The van der Waals surface area contributed by atoms with E-state index in [0.29, 0.717) is 0 Å². The van der Waals surface area contributed by atoms with Gasteiger partial charge < -0.3 is 18.6 Å². The Morgan fingerprint density at radius 3 is 2.33 bits per heavy atom. The van der Waals surface area contributed by atoms with Crippen molar-refractivity contribution in [2.75, 3.05) is 33.2 Å². The summed E-state index contributed by atoms with van der Waals surface area (Å²) in [7, 11) is 2.47. The van der Waals surface area contributed by atoms with Crippen LogP contribution in [0.1, 0.15) is 12.0 Å². The van der Waals surface area contributed by atoms with Gasteiger partial charge >= 0.3 is 8.80 Å². The lowest BCUT2D eigenvalue weighted by Gasteiger charge is -2.24. The lowest BCUT2D eigenvalue weighted by atomic mass is 10.3. The van der Waals surface area contributed by atoms with Gasteiger partial charge in [0.15, 0.2) is 0 Å². The number of anilines is 1. The van der Waals surface area contributed by atoms with Gasteiger partial charge in [-0.3, -0.25) is 0 Å². The second-order valence-electron chi connectivity index (χ2n) is 4.05. The summed E-state index contributed by atoms with van der Waals surface area (Å²) in [6.07, 6.45) is 2.76. The van der Waals surface area contributed by atoms with Gasteiger partial charge in [0.25, 0.3) is 0 Å². The molecule has 1 aromatic heterocycles. The van der Waals surface area contributed by atoms with Crippen molar-refractivity contribution in [1.29, 1.82) is 0 Å². The summed E-state index contributed by atoms with van der Waals surface area (Å²) in [6.45, 7) is 2.84. The molecule has 0 atom stereocenters. The number of nitrogens with one attached hydrogen (secondary N) is 1. The van der Waals surface area contributed by atoms with Crippen LogP contribution in [0.25, 0.3) is 0 Å². The standard InChI is InChI=1S/C12H22N2O3Si/c1-11-6-7-12(14-10-11)13-8-5-9-18(15-2,16-3)17-4/h6-7,10H,5,8-9H2,1-4H3,(H,13,14). The van der Waals surface area contributed by atoms with Crippen molar-refractivity contribution in [2.24, 2.45) is 0 Å². The molecule has 18 heavy (non-hydrogen) atoms. The van der Waals surface area contributed by atoms with Gasteiger partial charge in [0.1, 0.15) is 5.82 Å². The van der Waals surface area contributed by atoms with Crippen LogP contribution in [0.4, 0.5) is 5.82 Å². The van der Waals surface area contributed by atoms with Gasteiger partial charge in [0, 0.05) is 40.1 Å². The van der Waals surface area contributed by atoms with E-state index in [1.54, 1.807) is 21.3 Å². The van der Waals surface area contributed by atoms with E-state index >= 15 is 0 Å². The molecule has 0 amide bonds. The summed E-state index contributed by atoms with van der Waals surface area (Å²) in [5.74, 6) is 0.889. The highest BCUT2D eigenvalue weighted by molar-refractivity contribution is 6.60. The van der Waals surface area contributed by atoms with Crippen LogP contribution in [-0.2, 0) is 13.3 Å².